The number of carbonyl (C=O) groups is 1. The molecule has 1 fully saturated rings. The molecule has 0 spiro atoms. The lowest BCUT2D eigenvalue weighted by Gasteiger charge is -2.31. The van der Waals surface area contributed by atoms with Gasteiger partial charge in [-0.1, -0.05) is 18.5 Å². The summed E-state index contributed by atoms with van der Waals surface area (Å²) in [6.07, 6.45) is 2.22. The first-order chi connectivity index (χ1) is 10.6. The predicted octanol–water partition coefficient (Wildman–Crippen LogP) is 3.16. The largest absolute Gasteiger partial charge is 0.324 e. The standard InChI is InChI=1S/C16H23ClFN3O.ClH/c1-2-19-10-12-5-7-21(8-6-12)11-16(22)20-15-4-3-13(18)9-14(15)17;/h3-4,9,12,19H,2,5-8,10-11H2,1H3,(H,20,22);1H. The number of benzene rings is 1. The topological polar surface area (TPSA) is 44.4 Å². The van der Waals surface area contributed by atoms with Crippen LogP contribution in [-0.4, -0.2) is 43.5 Å². The van der Waals surface area contributed by atoms with E-state index in [9.17, 15) is 9.18 Å². The van der Waals surface area contributed by atoms with Gasteiger partial charge in [-0.3, -0.25) is 9.69 Å². The van der Waals surface area contributed by atoms with Crippen LogP contribution in [0.1, 0.15) is 19.8 Å². The summed E-state index contributed by atoms with van der Waals surface area (Å²) in [5.74, 6) is 0.176. The SMILES string of the molecule is CCNCC1CCN(CC(=O)Nc2ccc(F)cc2Cl)CC1.Cl. The summed E-state index contributed by atoms with van der Waals surface area (Å²) in [5, 5.41) is 6.33. The fourth-order valence-electron chi connectivity index (χ4n) is 2.68. The van der Waals surface area contributed by atoms with E-state index < -0.39 is 5.82 Å². The minimum atomic E-state index is -0.411. The number of carbonyl (C=O) groups excluding carboxylic acids is 1. The second-order valence-electron chi connectivity index (χ2n) is 5.70. The van der Waals surface area contributed by atoms with Crippen LogP contribution < -0.4 is 10.6 Å². The predicted molar refractivity (Wildman–Crippen MR) is 95.0 cm³/mol. The van der Waals surface area contributed by atoms with E-state index in [1.165, 1.54) is 18.2 Å². The highest BCUT2D eigenvalue weighted by atomic mass is 35.5. The van der Waals surface area contributed by atoms with Gasteiger partial charge in [0.2, 0.25) is 5.91 Å². The molecule has 130 valence electrons. The Morgan fingerprint density at radius 1 is 1.39 bits per heavy atom. The summed E-state index contributed by atoms with van der Waals surface area (Å²) in [6.45, 7) is 6.38. The van der Waals surface area contributed by atoms with Gasteiger partial charge in [0.05, 0.1) is 17.3 Å². The third kappa shape index (κ3) is 6.63. The van der Waals surface area contributed by atoms with Crippen molar-refractivity contribution in [2.45, 2.75) is 19.8 Å². The highest BCUT2D eigenvalue weighted by Crippen LogP contribution is 2.22. The van der Waals surface area contributed by atoms with Crippen LogP contribution in [0.15, 0.2) is 18.2 Å². The lowest BCUT2D eigenvalue weighted by molar-refractivity contribution is -0.117. The molecule has 0 saturated carbocycles. The molecule has 1 heterocycles. The summed E-state index contributed by atoms with van der Waals surface area (Å²) in [7, 11) is 0. The van der Waals surface area contributed by atoms with Gasteiger partial charge in [0.1, 0.15) is 5.82 Å². The molecule has 4 nitrogen and oxygen atoms in total. The Labute approximate surface area is 148 Å². The minimum Gasteiger partial charge on any atom is -0.324 e. The van der Waals surface area contributed by atoms with Crippen LogP contribution in [0.25, 0.3) is 0 Å². The molecule has 1 aliphatic heterocycles. The van der Waals surface area contributed by atoms with E-state index >= 15 is 0 Å². The van der Waals surface area contributed by atoms with Gasteiger partial charge in [0.25, 0.3) is 0 Å². The van der Waals surface area contributed by atoms with Crippen molar-refractivity contribution in [3.05, 3.63) is 29.0 Å². The van der Waals surface area contributed by atoms with Crippen LogP contribution >= 0.6 is 24.0 Å². The molecule has 1 aromatic rings. The van der Waals surface area contributed by atoms with Crippen LogP contribution in [0.4, 0.5) is 10.1 Å². The number of piperidine rings is 1. The summed E-state index contributed by atoms with van der Waals surface area (Å²) in [4.78, 5) is 14.2. The van der Waals surface area contributed by atoms with E-state index in [1.807, 2.05) is 0 Å². The van der Waals surface area contributed by atoms with Crippen LogP contribution in [-0.2, 0) is 4.79 Å². The van der Waals surface area contributed by atoms with Crippen molar-refractivity contribution in [3.8, 4) is 0 Å². The average molecular weight is 364 g/mol. The number of rotatable bonds is 6. The maximum atomic E-state index is 13.0. The summed E-state index contributed by atoms with van der Waals surface area (Å²) in [5.41, 5.74) is 0.454. The number of nitrogens with one attached hydrogen (secondary N) is 2. The van der Waals surface area contributed by atoms with Crippen molar-refractivity contribution in [1.82, 2.24) is 10.2 Å². The van der Waals surface area contributed by atoms with Gasteiger partial charge >= 0.3 is 0 Å². The van der Waals surface area contributed by atoms with Crippen molar-refractivity contribution in [2.24, 2.45) is 5.92 Å². The molecule has 0 atom stereocenters. The summed E-state index contributed by atoms with van der Waals surface area (Å²) in [6, 6.07) is 3.97. The number of likely N-dealkylation sites (tertiary alicyclic amines) is 1. The monoisotopic (exact) mass is 363 g/mol. The van der Waals surface area contributed by atoms with E-state index in [-0.39, 0.29) is 23.3 Å². The van der Waals surface area contributed by atoms with E-state index in [4.69, 9.17) is 11.6 Å². The molecule has 7 heteroatoms. The zero-order valence-electron chi connectivity index (χ0n) is 13.3. The zero-order chi connectivity index (χ0) is 15.9. The van der Waals surface area contributed by atoms with Crippen LogP contribution in [0.3, 0.4) is 0 Å². The number of hydrogen-bond acceptors (Lipinski definition) is 3. The molecule has 0 aliphatic carbocycles. The average Bonchev–Trinajstić information content (AvgIpc) is 2.49. The molecule has 2 rings (SSSR count). The molecule has 0 aromatic heterocycles. The molecular formula is C16H24Cl2FN3O. The molecule has 23 heavy (non-hydrogen) atoms. The zero-order valence-corrected chi connectivity index (χ0v) is 14.9. The fraction of sp³-hybridized carbons (Fsp3) is 0.562. The van der Waals surface area contributed by atoms with Crippen LogP contribution in [0.2, 0.25) is 5.02 Å². The highest BCUT2D eigenvalue weighted by Gasteiger charge is 2.20. The Bertz CT molecular complexity index is 508. The van der Waals surface area contributed by atoms with Crippen LogP contribution in [0, 0.1) is 11.7 Å². The molecule has 1 saturated heterocycles. The molecule has 2 N–H and O–H groups in total. The van der Waals surface area contributed by atoms with Gasteiger partial charge in [0, 0.05) is 0 Å². The van der Waals surface area contributed by atoms with Gasteiger partial charge < -0.3 is 10.6 Å². The van der Waals surface area contributed by atoms with Crippen molar-refractivity contribution >= 4 is 35.6 Å². The Balaban J connectivity index is 0.00000264. The molecule has 1 aromatic carbocycles. The van der Waals surface area contributed by atoms with Gasteiger partial charge in [-0.2, -0.15) is 0 Å². The maximum absolute atomic E-state index is 13.0. The molecule has 0 radical (unpaired) electrons. The Kier molecular flexibility index (Phi) is 8.84. The van der Waals surface area contributed by atoms with Crippen molar-refractivity contribution < 1.29 is 9.18 Å². The fourth-order valence-corrected chi connectivity index (χ4v) is 2.90. The first kappa shape index (κ1) is 20.2. The molecule has 0 bridgehead atoms. The number of halogens is 3. The Hall–Kier alpha value is -0.880. The van der Waals surface area contributed by atoms with Gasteiger partial charge in [-0.05, 0) is 63.1 Å². The van der Waals surface area contributed by atoms with Gasteiger partial charge in [-0.25, -0.2) is 4.39 Å². The quantitative estimate of drug-likeness (QED) is 0.815. The molecule has 1 amide bonds. The van der Waals surface area contributed by atoms with E-state index in [0.29, 0.717) is 18.2 Å². The third-order valence-electron chi connectivity index (χ3n) is 3.96. The number of anilines is 1. The Morgan fingerprint density at radius 2 is 2.09 bits per heavy atom. The minimum absolute atomic E-state index is 0. The normalized spacial score (nSPS) is 16.0. The summed E-state index contributed by atoms with van der Waals surface area (Å²) >= 11 is 5.91. The lowest BCUT2D eigenvalue weighted by atomic mass is 9.97. The van der Waals surface area contributed by atoms with Crippen molar-refractivity contribution in [1.29, 1.82) is 0 Å². The second-order valence-corrected chi connectivity index (χ2v) is 6.11. The van der Waals surface area contributed by atoms with E-state index in [2.05, 4.69) is 22.5 Å². The van der Waals surface area contributed by atoms with Gasteiger partial charge in [0.15, 0.2) is 0 Å². The third-order valence-corrected chi connectivity index (χ3v) is 4.28. The Morgan fingerprint density at radius 3 is 2.70 bits per heavy atom. The van der Waals surface area contributed by atoms with Crippen LogP contribution in [0.5, 0.6) is 0 Å². The molecule has 0 unspecified atom stereocenters. The van der Waals surface area contributed by atoms with E-state index in [0.717, 1.165) is 39.0 Å². The number of nitrogens with zero attached hydrogens (tertiary/aromatic N) is 1. The first-order valence-electron chi connectivity index (χ1n) is 7.76. The number of amides is 1. The summed E-state index contributed by atoms with van der Waals surface area (Å²) < 4.78 is 13.0. The highest BCUT2D eigenvalue weighted by molar-refractivity contribution is 6.33. The second kappa shape index (κ2) is 10.1. The number of hydrogen-bond donors (Lipinski definition) is 2. The molecule has 1 aliphatic rings. The van der Waals surface area contributed by atoms with E-state index in [1.54, 1.807) is 0 Å². The smallest absolute Gasteiger partial charge is 0.238 e. The maximum Gasteiger partial charge on any atom is 0.238 e. The molecular weight excluding hydrogens is 340 g/mol. The first-order valence-corrected chi connectivity index (χ1v) is 8.14. The van der Waals surface area contributed by atoms with Gasteiger partial charge in [-0.15, -0.1) is 12.4 Å². The lowest BCUT2D eigenvalue weighted by Crippen LogP contribution is -2.41. The van der Waals surface area contributed by atoms with Crippen molar-refractivity contribution in [2.75, 3.05) is 38.0 Å². The van der Waals surface area contributed by atoms with Crippen molar-refractivity contribution in [3.63, 3.8) is 0 Å².